The van der Waals surface area contributed by atoms with E-state index in [0.29, 0.717) is 5.76 Å². The topological polar surface area (TPSA) is 42.6 Å². The molecular weight excluding hydrogens is 132 g/mol. The van der Waals surface area contributed by atoms with Crippen LogP contribution < -0.4 is 0 Å². The second kappa shape index (κ2) is 2.86. The average molecular weight is 142 g/mol. The van der Waals surface area contributed by atoms with Gasteiger partial charge in [0.25, 0.3) is 0 Å². The summed E-state index contributed by atoms with van der Waals surface area (Å²) in [7, 11) is 1.42. The summed E-state index contributed by atoms with van der Waals surface area (Å²) in [6, 6.07) is 3.46. The number of ether oxygens (including phenoxy) is 1. The van der Waals surface area contributed by atoms with E-state index < -0.39 is 6.29 Å². The minimum Gasteiger partial charge on any atom is -0.461 e. The minimum absolute atomic E-state index is 0.444. The Morgan fingerprint density at radius 2 is 2.30 bits per heavy atom. The van der Waals surface area contributed by atoms with Gasteiger partial charge in [-0.25, -0.2) is 0 Å². The van der Waals surface area contributed by atoms with Crippen LogP contribution in [-0.2, 0) is 4.74 Å². The molecule has 1 rings (SSSR count). The van der Waals surface area contributed by atoms with Crippen molar-refractivity contribution in [3.63, 3.8) is 0 Å². The molecule has 1 atom stereocenters. The fraction of sp³-hybridized carbons (Fsp3) is 0.429. The Morgan fingerprint density at radius 1 is 1.60 bits per heavy atom. The summed E-state index contributed by atoms with van der Waals surface area (Å²) in [5.74, 6) is 1.21. The van der Waals surface area contributed by atoms with E-state index in [9.17, 15) is 0 Å². The molecule has 56 valence electrons. The molecule has 1 heterocycles. The Bertz CT molecular complexity index is 204. The third-order valence-electron chi connectivity index (χ3n) is 1.23. The Labute approximate surface area is 59.2 Å². The second-order valence-electron chi connectivity index (χ2n) is 2.04. The largest absolute Gasteiger partial charge is 0.461 e. The highest BCUT2D eigenvalue weighted by atomic mass is 16.6. The molecule has 0 spiro atoms. The average Bonchev–Trinajstić information content (AvgIpc) is 2.34. The van der Waals surface area contributed by atoms with Gasteiger partial charge in [0.05, 0.1) is 0 Å². The number of hydrogen-bond acceptors (Lipinski definition) is 3. The molecule has 0 bridgehead atoms. The molecule has 0 saturated carbocycles. The fourth-order valence-electron chi connectivity index (χ4n) is 0.702. The number of hydrogen-bond donors (Lipinski definition) is 1. The van der Waals surface area contributed by atoms with Gasteiger partial charge in [-0.15, -0.1) is 0 Å². The van der Waals surface area contributed by atoms with E-state index >= 15 is 0 Å². The lowest BCUT2D eigenvalue weighted by atomic mass is 10.4. The van der Waals surface area contributed by atoms with Gasteiger partial charge in [0, 0.05) is 7.11 Å². The van der Waals surface area contributed by atoms with Gasteiger partial charge in [-0.05, 0) is 19.1 Å². The van der Waals surface area contributed by atoms with Crippen molar-refractivity contribution in [3.05, 3.63) is 23.7 Å². The number of aliphatic hydroxyl groups excluding tert-OH is 1. The van der Waals surface area contributed by atoms with E-state index in [1.165, 1.54) is 7.11 Å². The first-order valence-corrected chi connectivity index (χ1v) is 3.01. The van der Waals surface area contributed by atoms with Gasteiger partial charge >= 0.3 is 0 Å². The molecule has 0 radical (unpaired) electrons. The molecule has 10 heavy (non-hydrogen) atoms. The molecule has 0 saturated heterocycles. The molecule has 3 heteroatoms. The summed E-state index contributed by atoms with van der Waals surface area (Å²) in [5, 5.41) is 9.03. The standard InChI is InChI=1S/C7H10O3/c1-5-3-4-6(10-5)7(8)9-2/h3-4,7-8H,1-2H3. The van der Waals surface area contributed by atoms with E-state index in [2.05, 4.69) is 4.74 Å². The predicted octanol–water partition coefficient (Wildman–Crippen LogP) is 1.23. The summed E-state index contributed by atoms with van der Waals surface area (Å²) >= 11 is 0. The van der Waals surface area contributed by atoms with E-state index in [0.717, 1.165) is 5.76 Å². The highest BCUT2D eigenvalue weighted by Crippen LogP contribution is 2.15. The molecular formula is C7H10O3. The monoisotopic (exact) mass is 142 g/mol. The lowest BCUT2D eigenvalue weighted by molar-refractivity contribution is -0.0906. The smallest absolute Gasteiger partial charge is 0.214 e. The second-order valence-corrected chi connectivity index (χ2v) is 2.04. The van der Waals surface area contributed by atoms with Gasteiger partial charge < -0.3 is 14.3 Å². The number of methoxy groups -OCH3 is 1. The first kappa shape index (κ1) is 7.31. The molecule has 0 aliphatic carbocycles. The van der Waals surface area contributed by atoms with Crippen molar-refractivity contribution >= 4 is 0 Å². The van der Waals surface area contributed by atoms with Crippen LogP contribution in [0, 0.1) is 6.92 Å². The van der Waals surface area contributed by atoms with Gasteiger partial charge in [0.1, 0.15) is 5.76 Å². The molecule has 1 N–H and O–H groups in total. The van der Waals surface area contributed by atoms with Gasteiger partial charge in [-0.1, -0.05) is 0 Å². The van der Waals surface area contributed by atoms with E-state index in [1.807, 2.05) is 6.92 Å². The van der Waals surface area contributed by atoms with E-state index in [4.69, 9.17) is 9.52 Å². The quantitative estimate of drug-likeness (QED) is 0.631. The van der Waals surface area contributed by atoms with Crippen LogP contribution in [0.15, 0.2) is 16.5 Å². The van der Waals surface area contributed by atoms with Crippen molar-refractivity contribution in [1.82, 2.24) is 0 Å². The molecule has 0 amide bonds. The predicted molar refractivity (Wildman–Crippen MR) is 35.4 cm³/mol. The van der Waals surface area contributed by atoms with Crippen molar-refractivity contribution in [2.45, 2.75) is 13.2 Å². The Balaban J connectivity index is 2.74. The van der Waals surface area contributed by atoms with Crippen LogP contribution >= 0.6 is 0 Å². The third-order valence-corrected chi connectivity index (χ3v) is 1.23. The van der Waals surface area contributed by atoms with Crippen molar-refractivity contribution in [3.8, 4) is 0 Å². The zero-order valence-corrected chi connectivity index (χ0v) is 6.00. The molecule has 0 aliphatic heterocycles. The zero-order chi connectivity index (χ0) is 7.56. The lowest BCUT2D eigenvalue weighted by Crippen LogP contribution is -1.96. The molecule has 0 aliphatic rings. The highest BCUT2D eigenvalue weighted by molar-refractivity contribution is 5.06. The SMILES string of the molecule is COC(O)c1ccc(C)o1. The third kappa shape index (κ3) is 1.37. The van der Waals surface area contributed by atoms with Gasteiger partial charge in [-0.3, -0.25) is 0 Å². The van der Waals surface area contributed by atoms with Gasteiger partial charge in [0.15, 0.2) is 5.76 Å². The van der Waals surface area contributed by atoms with Crippen molar-refractivity contribution in [2.75, 3.05) is 7.11 Å². The lowest BCUT2D eigenvalue weighted by Gasteiger charge is -2.02. The molecule has 1 unspecified atom stereocenters. The number of aryl methyl sites for hydroxylation is 1. The van der Waals surface area contributed by atoms with Crippen molar-refractivity contribution in [1.29, 1.82) is 0 Å². The molecule has 1 aromatic heterocycles. The van der Waals surface area contributed by atoms with Gasteiger partial charge in [-0.2, -0.15) is 0 Å². The maximum atomic E-state index is 9.03. The first-order valence-electron chi connectivity index (χ1n) is 3.01. The van der Waals surface area contributed by atoms with Crippen molar-refractivity contribution in [2.24, 2.45) is 0 Å². The van der Waals surface area contributed by atoms with E-state index in [1.54, 1.807) is 12.1 Å². The Kier molecular flexibility index (Phi) is 2.09. The Hall–Kier alpha value is -0.800. The van der Waals surface area contributed by atoms with Gasteiger partial charge in [0.2, 0.25) is 6.29 Å². The summed E-state index contributed by atoms with van der Waals surface area (Å²) in [5.41, 5.74) is 0. The van der Waals surface area contributed by atoms with E-state index in [-0.39, 0.29) is 0 Å². The maximum Gasteiger partial charge on any atom is 0.214 e. The first-order chi connectivity index (χ1) is 4.74. The van der Waals surface area contributed by atoms with Crippen molar-refractivity contribution < 1.29 is 14.3 Å². The molecule has 0 aromatic carbocycles. The van der Waals surface area contributed by atoms with Crippen LogP contribution in [0.2, 0.25) is 0 Å². The van der Waals surface area contributed by atoms with Crippen LogP contribution in [0.4, 0.5) is 0 Å². The Morgan fingerprint density at radius 3 is 2.70 bits per heavy atom. The van der Waals surface area contributed by atoms with Crippen LogP contribution in [0.5, 0.6) is 0 Å². The molecule has 3 nitrogen and oxygen atoms in total. The highest BCUT2D eigenvalue weighted by Gasteiger charge is 2.08. The van der Waals surface area contributed by atoms with Crippen LogP contribution in [-0.4, -0.2) is 12.2 Å². The summed E-state index contributed by atoms with van der Waals surface area (Å²) in [6.07, 6.45) is -0.936. The summed E-state index contributed by atoms with van der Waals surface area (Å²) in [6.45, 7) is 1.81. The molecule has 1 aromatic rings. The fourth-order valence-corrected chi connectivity index (χ4v) is 0.702. The number of furan rings is 1. The zero-order valence-electron chi connectivity index (χ0n) is 6.00. The minimum atomic E-state index is -0.936. The summed E-state index contributed by atoms with van der Waals surface area (Å²) < 4.78 is 9.67. The van der Waals surface area contributed by atoms with Crippen LogP contribution in [0.3, 0.4) is 0 Å². The molecule has 0 fully saturated rings. The number of rotatable bonds is 2. The normalized spacial score (nSPS) is 13.5. The maximum absolute atomic E-state index is 9.03. The van der Waals surface area contributed by atoms with Crippen LogP contribution in [0.25, 0.3) is 0 Å². The van der Waals surface area contributed by atoms with Crippen LogP contribution in [0.1, 0.15) is 17.8 Å². The number of aliphatic hydroxyl groups is 1. The summed E-state index contributed by atoms with van der Waals surface area (Å²) in [4.78, 5) is 0.